The van der Waals surface area contributed by atoms with Crippen LogP contribution in [0.5, 0.6) is 0 Å². The Bertz CT molecular complexity index is 902. The van der Waals surface area contributed by atoms with Gasteiger partial charge < -0.3 is 15.7 Å². The van der Waals surface area contributed by atoms with Gasteiger partial charge in [0.1, 0.15) is 5.60 Å². The third-order valence-corrected chi connectivity index (χ3v) is 5.79. The maximum atomic E-state index is 11.6. The fourth-order valence-electron chi connectivity index (χ4n) is 2.70. The van der Waals surface area contributed by atoms with E-state index in [2.05, 4.69) is 20.3 Å². The van der Waals surface area contributed by atoms with E-state index in [9.17, 15) is 13.5 Å². The van der Waals surface area contributed by atoms with E-state index in [4.69, 9.17) is 0 Å². The molecule has 2 rings (SSSR count). The number of hydrogen-bond donors (Lipinski definition) is 4. The lowest BCUT2D eigenvalue weighted by atomic mass is 9.96. The topological polar surface area (TPSA) is 103 Å². The first-order valence-electron chi connectivity index (χ1n) is 9.55. The lowest BCUT2D eigenvalue weighted by Gasteiger charge is -2.25. The van der Waals surface area contributed by atoms with Gasteiger partial charge in [0.05, 0.1) is 18.8 Å². The van der Waals surface area contributed by atoms with Crippen LogP contribution in [0, 0.1) is 0 Å². The minimum absolute atomic E-state index is 0. The molecule has 0 fully saturated rings. The number of guanidine groups is 1. The second-order valence-electron chi connectivity index (χ2n) is 6.97. The molecule has 2 aromatic rings. The first kappa shape index (κ1) is 26.3. The van der Waals surface area contributed by atoms with E-state index in [0.29, 0.717) is 25.6 Å². The Morgan fingerprint density at radius 1 is 1.03 bits per heavy atom. The van der Waals surface area contributed by atoms with Gasteiger partial charge in [-0.3, -0.25) is 0 Å². The molecule has 30 heavy (non-hydrogen) atoms. The second kappa shape index (κ2) is 12.2. The van der Waals surface area contributed by atoms with Crippen molar-refractivity contribution in [2.75, 3.05) is 20.1 Å². The predicted molar refractivity (Wildman–Crippen MR) is 132 cm³/mol. The molecule has 0 aromatic heterocycles. The molecule has 4 N–H and O–H groups in total. The molecule has 0 amide bonds. The molecule has 0 aliphatic carbocycles. The normalized spacial score (nSPS) is 13.8. The quantitative estimate of drug-likeness (QED) is 0.220. The van der Waals surface area contributed by atoms with Crippen molar-refractivity contribution in [1.82, 2.24) is 15.4 Å². The van der Waals surface area contributed by atoms with E-state index in [1.807, 2.05) is 49.4 Å². The van der Waals surface area contributed by atoms with Crippen LogP contribution in [-0.4, -0.2) is 39.6 Å². The molecule has 2 aromatic carbocycles. The van der Waals surface area contributed by atoms with Gasteiger partial charge in [-0.1, -0.05) is 54.6 Å². The molecule has 0 radical (unpaired) electrons. The summed E-state index contributed by atoms with van der Waals surface area (Å²) in [5, 5.41) is 17.1. The van der Waals surface area contributed by atoms with Crippen molar-refractivity contribution in [3.8, 4) is 0 Å². The summed E-state index contributed by atoms with van der Waals surface area (Å²) in [6.45, 7) is 5.17. The van der Waals surface area contributed by atoms with Gasteiger partial charge in [-0.25, -0.2) is 18.1 Å². The average molecular weight is 546 g/mol. The SMILES string of the molecule is CCNC(=NCc1ccc(CS(=O)(=O)NC)cc1)NCC(C)(O)c1ccccc1.I. The number of sulfonamides is 1. The zero-order chi connectivity index (χ0) is 21.3. The summed E-state index contributed by atoms with van der Waals surface area (Å²) in [5.74, 6) is 0.553. The molecule has 166 valence electrons. The maximum absolute atomic E-state index is 11.6. The highest BCUT2D eigenvalue weighted by atomic mass is 127. The van der Waals surface area contributed by atoms with E-state index in [0.717, 1.165) is 16.7 Å². The number of benzene rings is 2. The molecular formula is C21H31IN4O3S. The zero-order valence-electron chi connectivity index (χ0n) is 17.6. The van der Waals surface area contributed by atoms with Crippen LogP contribution in [0.1, 0.15) is 30.5 Å². The van der Waals surface area contributed by atoms with Crippen LogP contribution in [-0.2, 0) is 27.9 Å². The molecule has 7 nitrogen and oxygen atoms in total. The largest absolute Gasteiger partial charge is 0.384 e. The fourth-order valence-corrected chi connectivity index (χ4v) is 3.48. The van der Waals surface area contributed by atoms with Crippen LogP contribution in [0.25, 0.3) is 0 Å². The molecule has 0 saturated heterocycles. The van der Waals surface area contributed by atoms with Gasteiger partial charge in [-0.05, 0) is 37.6 Å². The van der Waals surface area contributed by atoms with E-state index in [1.165, 1.54) is 7.05 Å². The van der Waals surface area contributed by atoms with Gasteiger partial charge in [0, 0.05) is 6.54 Å². The minimum atomic E-state index is -3.28. The Morgan fingerprint density at radius 2 is 1.63 bits per heavy atom. The number of aliphatic hydroxyl groups is 1. The maximum Gasteiger partial charge on any atom is 0.215 e. The van der Waals surface area contributed by atoms with Crippen molar-refractivity contribution in [2.45, 2.75) is 31.7 Å². The van der Waals surface area contributed by atoms with Crippen molar-refractivity contribution in [3.63, 3.8) is 0 Å². The third-order valence-electron chi connectivity index (χ3n) is 4.45. The van der Waals surface area contributed by atoms with Crippen molar-refractivity contribution in [1.29, 1.82) is 0 Å². The van der Waals surface area contributed by atoms with Crippen molar-refractivity contribution >= 4 is 40.0 Å². The van der Waals surface area contributed by atoms with Gasteiger partial charge in [0.2, 0.25) is 10.0 Å². The van der Waals surface area contributed by atoms with Crippen molar-refractivity contribution < 1.29 is 13.5 Å². The lowest BCUT2D eigenvalue weighted by Crippen LogP contribution is -2.44. The second-order valence-corrected chi connectivity index (χ2v) is 8.89. The highest BCUT2D eigenvalue weighted by Gasteiger charge is 2.22. The molecule has 9 heteroatoms. The van der Waals surface area contributed by atoms with Crippen LogP contribution >= 0.6 is 24.0 Å². The monoisotopic (exact) mass is 546 g/mol. The summed E-state index contributed by atoms with van der Waals surface area (Å²) in [6, 6.07) is 16.8. The Hall–Kier alpha value is -1.69. The third kappa shape index (κ3) is 8.58. The first-order chi connectivity index (χ1) is 13.8. The van der Waals surface area contributed by atoms with E-state index < -0.39 is 15.6 Å². The van der Waals surface area contributed by atoms with Crippen molar-refractivity contribution in [2.24, 2.45) is 4.99 Å². The Labute approximate surface area is 196 Å². The molecule has 0 saturated carbocycles. The first-order valence-corrected chi connectivity index (χ1v) is 11.2. The van der Waals surface area contributed by atoms with Gasteiger partial charge in [-0.2, -0.15) is 0 Å². The summed E-state index contributed by atoms with van der Waals surface area (Å²) in [4.78, 5) is 4.55. The smallest absolute Gasteiger partial charge is 0.215 e. The van der Waals surface area contributed by atoms with Gasteiger partial charge in [0.25, 0.3) is 0 Å². The number of hydrogen-bond acceptors (Lipinski definition) is 4. The number of nitrogens with zero attached hydrogens (tertiary/aromatic N) is 1. The summed E-state index contributed by atoms with van der Waals surface area (Å²) in [5.41, 5.74) is 1.48. The number of aliphatic imine (C=N–C) groups is 1. The lowest BCUT2D eigenvalue weighted by molar-refractivity contribution is 0.0617. The van der Waals surface area contributed by atoms with Crippen molar-refractivity contribution in [3.05, 3.63) is 71.3 Å². The minimum Gasteiger partial charge on any atom is -0.384 e. The Morgan fingerprint density at radius 3 is 2.20 bits per heavy atom. The van der Waals surface area contributed by atoms with E-state index in [1.54, 1.807) is 19.1 Å². The Kier molecular flexibility index (Phi) is 10.7. The molecule has 0 bridgehead atoms. The summed E-state index contributed by atoms with van der Waals surface area (Å²) >= 11 is 0. The molecule has 0 aliphatic heterocycles. The Balaban J connectivity index is 0.00000450. The standard InChI is InChI=1S/C21H30N4O3S.HI/c1-4-23-20(25-16-21(2,26)19-8-6-5-7-9-19)24-14-17-10-12-18(13-11-17)15-29(27,28)22-3;/h5-13,22,26H,4,14-16H2,1-3H3,(H2,23,24,25);1H. The van der Waals surface area contributed by atoms with E-state index in [-0.39, 0.29) is 29.7 Å². The summed E-state index contributed by atoms with van der Waals surface area (Å²) in [7, 11) is -1.88. The van der Waals surface area contributed by atoms with Crippen LogP contribution < -0.4 is 15.4 Å². The van der Waals surface area contributed by atoms with Crippen LogP contribution in [0.15, 0.2) is 59.6 Å². The van der Waals surface area contributed by atoms with Crippen LogP contribution in [0.2, 0.25) is 0 Å². The number of halogens is 1. The zero-order valence-corrected chi connectivity index (χ0v) is 20.7. The number of rotatable bonds is 9. The van der Waals surface area contributed by atoms with Crippen LogP contribution in [0.4, 0.5) is 0 Å². The van der Waals surface area contributed by atoms with E-state index >= 15 is 0 Å². The summed E-state index contributed by atoms with van der Waals surface area (Å²) in [6.07, 6.45) is 0. The van der Waals surface area contributed by atoms with Gasteiger partial charge in [-0.15, -0.1) is 24.0 Å². The highest BCUT2D eigenvalue weighted by Crippen LogP contribution is 2.18. The molecule has 1 unspecified atom stereocenters. The molecular weight excluding hydrogens is 515 g/mol. The highest BCUT2D eigenvalue weighted by molar-refractivity contribution is 14.0. The fraction of sp³-hybridized carbons (Fsp3) is 0.381. The van der Waals surface area contributed by atoms with Gasteiger partial charge in [0.15, 0.2) is 5.96 Å². The molecule has 0 aliphatic rings. The number of nitrogens with one attached hydrogen (secondary N) is 3. The molecule has 1 atom stereocenters. The van der Waals surface area contributed by atoms with Crippen LogP contribution in [0.3, 0.4) is 0 Å². The molecule has 0 spiro atoms. The summed E-state index contributed by atoms with van der Waals surface area (Å²) < 4.78 is 25.6. The molecule has 0 heterocycles. The van der Waals surface area contributed by atoms with Gasteiger partial charge >= 0.3 is 0 Å². The predicted octanol–water partition coefficient (Wildman–Crippen LogP) is 2.32. The average Bonchev–Trinajstić information content (AvgIpc) is 2.71.